The van der Waals surface area contributed by atoms with Crippen molar-refractivity contribution in [3.05, 3.63) is 34.9 Å². The molecule has 4 heteroatoms. The number of halogens is 2. The zero-order valence-electron chi connectivity index (χ0n) is 9.84. The molecule has 2 nitrogen and oxygen atoms in total. The van der Waals surface area contributed by atoms with Gasteiger partial charge in [-0.05, 0) is 23.6 Å². The Kier molecular flexibility index (Phi) is 6.82. The summed E-state index contributed by atoms with van der Waals surface area (Å²) < 4.78 is 5.24. The number of rotatable bonds is 6. The summed E-state index contributed by atoms with van der Waals surface area (Å²) in [7, 11) is 0. The van der Waals surface area contributed by atoms with E-state index in [0.29, 0.717) is 17.5 Å². The summed E-state index contributed by atoms with van der Waals surface area (Å²) in [6, 6.07) is 5.86. The predicted octanol–water partition coefficient (Wildman–Crippen LogP) is 4.43. The van der Waals surface area contributed by atoms with Crippen LogP contribution in [0.1, 0.15) is 41.3 Å². The van der Waals surface area contributed by atoms with Gasteiger partial charge in [0.15, 0.2) is 0 Å². The van der Waals surface area contributed by atoms with E-state index in [-0.39, 0.29) is 5.97 Å². The Hall–Kier alpha value is -0.350. The fourth-order valence-electron chi connectivity index (χ4n) is 1.40. The van der Waals surface area contributed by atoms with Gasteiger partial charge in [-0.15, -0.1) is 0 Å². The van der Waals surface area contributed by atoms with E-state index >= 15 is 0 Å². The monoisotopic (exact) mass is 362 g/mol. The molecule has 1 rings (SSSR count). The maximum Gasteiger partial charge on any atom is 0.338 e. The van der Waals surface area contributed by atoms with Gasteiger partial charge in [0.1, 0.15) is 0 Å². The van der Waals surface area contributed by atoms with E-state index in [1.807, 2.05) is 18.2 Å². The molecule has 0 heterocycles. The van der Waals surface area contributed by atoms with Crippen molar-refractivity contribution in [2.75, 3.05) is 6.61 Å². The highest BCUT2D eigenvalue weighted by atomic mass is 79.9. The van der Waals surface area contributed by atoms with Gasteiger partial charge in [-0.25, -0.2) is 4.79 Å². The van der Waals surface area contributed by atoms with Gasteiger partial charge in [-0.1, -0.05) is 57.3 Å². The van der Waals surface area contributed by atoms with E-state index in [0.717, 1.165) is 29.3 Å². The van der Waals surface area contributed by atoms with Crippen molar-refractivity contribution in [1.82, 2.24) is 0 Å². The number of alkyl halides is 2. The largest absolute Gasteiger partial charge is 0.462 e. The highest BCUT2D eigenvalue weighted by Gasteiger charge is 2.12. The standard InChI is InChI=1S/C13H16Br2O2/c1-2-3-6-17-13(16)12-7-10(8-14)4-5-11(12)9-15/h4-5,7H,2-3,6,8-9H2,1H3. The second kappa shape index (κ2) is 7.88. The minimum atomic E-state index is -0.226. The average Bonchev–Trinajstić information content (AvgIpc) is 2.38. The minimum Gasteiger partial charge on any atom is -0.462 e. The van der Waals surface area contributed by atoms with Crippen LogP contribution in [-0.2, 0) is 15.4 Å². The Morgan fingerprint density at radius 1 is 1.29 bits per heavy atom. The van der Waals surface area contributed by atoms with E-state index in [9.17, 15) is 4.79 Å². The maximum absolute atomic E-state index is 11.9. The molecular formula is C13H16Br2O2. The lowest BCUT2D eigenvalue weighted by Crippen LogP contribution is -2.09. The van der Waals surface area contributed by atoms with Crippen LogP contribution in [0.4, 0.5) is 0 Å². The molecule has 0 N–H and O–H groups in total. The molecule has 17 heavy (non-hydrogen) atoms. The first-order chi connectivity index (χ1) is 8.22. The molecule has 0 bridgehead atoms. The normalized spacial score (nSPS) is 10.3. The quantitative estimate of drug-likeness (QED) is 0.424. The van der Waals surface area contributed by atoms with Crippen LogP contribution in [0.3, 0.4) is 0 Å². The number of carbonyl (C=O) groups excluding carboxylic acids is 1. The van der Waals surface area contributed by atoms with Gasteiger partial charge in [0.05, 0.1) is 12.2 Å². The maximum atomic E-state index is 11.9. The molecule has 0 radical (unpaired) electrons. The Morgan fingerprint density at radius 3 is 2.65 bits per heavy atom. The molecule has 0 amide bonds. The van der Waals surface area contributed by atoms with E-state index in [1.54, 1.807) is 0 Å². The number of hydrogen-bond acceptors (Lipinski definition) is 2. The first-order valence-electron chi connectivity index (χ1n) is 5.63. The summed E-state index contributed by atoms with van der Waals surface area (Å²) in [5.41, 5.74) is 2.71. The summed E-state index contributed by atoms with van der Waals surface area (Å²) in [5, 5.41) is 1.40. The number of benzene rings is 1. The SMILES string of the molecule is CCCCOC(=O)c1cc(CBr)ccc1CBr. The molecule has 0 aliphatic carbocycles. The average molecular weight is 364 g/mol. The fourth-order valence-corrected chi connectivity index (χ4v) is 2.24. The van der Waals surface area contributed by atoms with Gasteiger partial charge in [-0.3, -0.25) is 0 Å². The lowest BCUT2D eigenvalue weighted by Gasteiger charge is -2.09. The molecule has 0 saturated heterocycles. The van der Waals surface area contributed by atoms with Crippen LogP contribution in [0, 0.1) is 0 Å². The summed E-state index contributed by atoms with van der Waals surface area (Å²) in [4.78, 5) is 11.9. The summed E-state index contributed by atoms with van der Waals surface area (Å²) in [5.74, 6) is -0.226. The number of unbranched alkanes of at least 4 members (excludes halogenated alkanes) is 1. The van der Waals surface area contributed by atoms with Crippen molar-refractivity contribution in [1.29, 1.82) is 0 Å². The molecule has 0 unspecified atom stereocenters. The van der Waals surface area contributed by atoms with Crippen molar-refractivity contribution in [3.63, 3.8) is 0 Å². The number of carbonyl (C=O) groups is 1. The topological polar surface area (TPSA) is 26.3 Å². The molecule has 1 aromatic rings. The van der Waals surface area contributed by atoms with Crippen molar-refractivity contribution >= 4 is 37.8 Å². The molecular weight excluding hydrogens is 348 g/mol. The second-order valence-electron chi connectivity index (χ2n) is 3.75. The lowest BCUT2D eigenvalue weighted by atomic mass is 10.1. The van der Waals surface area contributed by atoms with Crippen molar-refractivity contribution in [2.24, 2.45) is 0 Å². The van der Waals surface area contributed by atoms with Crippen molar-refractivity contribution in [3.8, 4) is 0 Å². The second-order valence-corrected chi connectivity index (χ2v) is 4.87. The van der Waals surface area contributed by atoms with E-state index < -0.39 is 0 Å². The molecule has 94 valence electrons. The van der Waals surface area contributed by atoms with Gasteiger partial charge in [0.25, 0.3) is 0 Å². The van der Waals surface area contributed by atoms with Gasteiger partial charge < -0.3 is 4.74 Å². The molecule has 1 aromatic carbocycles. The Morgan fingerprint density at radius 2 is 2.06 bits per heavy atom. The fraction of sp³-hybridized carbons (Fsp3) is 0.462. The van der Waals surface area contributed by atoms with Crippen LogP contribution < -0.4 is 0 Å². The lowest BCUT2D eigenvalue weighted by molar-refractivity contribution is 0.0498. The minimum absolute atomic E-state index is 0.226. The van der Waals surface area contributed by atoms with Gasteiger partial charge >= 0.3 is 5.97 Å². The van der Waals surface area contributed by atoms with Crippen LogP contribution in [-0.4, -0.2) is 12.6 Å². The summed E-state index contributed by atoms with van der Waals surface area (Å²) in [6.07, 6.45) is 1.94. The third-order valence-corrected chi connectivity index (χ3v) is 3.68. The van der Waals surface area contributed by atoms with E-state index in [1.165, 1.54) is 0 Å². The predicted molar refractivity (Wildman–Crippen MR) is 76.9 cm³/mol. The first-order valence-corrected chi connectivity index (χ1v) is 7.88. The molecule has 0 aliphatic rings. The van der Waals surface area contributed by atoms with E-state index in [4.69, 9.17) is 4.74 Å². The first kappa shape index (κ1) is 14.7. The molecule has 0 saturated carbocycles. The van der Waals surface area contributed by atoms with Crippen molar-refractivity contribution < 1.29 is 9.53 Å². The zero-order valence-corrected chi connectivity index (χ0v) is 13.0. The Balaban J connectivity index is 2.82. The van der Waals surface area contributed by atoms with Crippen LogP contribution in [0.25, 0.3) is 0 Å². The van der Waals surface area contributed by atoms with Crippen LogP contribution in [0.15, 0.2) is 18.2 Å². The number of hydrogen-bond donors (Lipinski definition) is 0. The van der Waals surface area contributed by atoms with Gasteiger partial charge in [0, 0.05) is 10.7 Å². The molecule has 0 aromatic heterocycles. The van der Waals surface area contributed by atoms with Crippen molar-refractivity contribution in [2.45, 2.75) is 30.4 Å². The Bertz CT molecular complexity index is 378. The summed E-state index contributed by atoms with van der Waals surface area (Å²) in [6.45, 7) is 2.57. The highest BCUT2D eigenvalue weighted by Crippen LogP contribution is 2.18. The molecule has 0 aliphatic heterocycles. The molecule has 0 spiro atoms. The Labute approximate surface area is 119 Å². The third-order valence-electron chi connectivity index (χ3n) is 2.42. The zero-order chi connectivity index (χ0) is 12.7. The van der Waals surface area contributed by atoms with Gasteiger partial charge in [0.2, 0.25) is 0 Å². The summed E-state index contributed by atoms with van der Waals surface area (Å²) >= 11 is 6.77. The third kappa shape index (κ3) is 4.43. The number of esters is 1. The van der Waals surface area contributed by atoms with Crippen LogP contribution in [0.2, 0.25) is 0 Å². The molecule has 0 atom stereocenters. The van der Waals surface area contributed by atoms with E-state index in [2.05, 4.69) is 38.8 Å². The highest BCUT2D eigenvalue weighted by molar-refractivity contribution is 9.08. The molecule has 0 fully saturated rings. The van der Waals surface area contributed by atoms with Crippen LogP contribution >= 0.6 is 31.9 Å². The number of ether oxygens (including phenoxy) is 1. The van der Waals surface area contributed by atoms with Gasteiger partial charge in [-0.2, -0.15) is 0 Å². The van der Waals surface area contributed by atoms with Crippen LogP contribution in [0.5, 0.6) is 0 Å². The smallest absolute Gasteiger partial charge is 0.338 e.